The maximum Gasteiger partial charge on any atom is 0.339 e. The summed E-state index contributed by atoms with van der Waals surface area (Å²) in [5.41, 5.74) is 1.01. The number of rotatable bonds is 1. The molecule has 0 saturated carbocycles. The Balaban J connectivity index is 2.53. The molecule has 0 unspecified atom stereocenters. The molecule has 0 spiro atoms. The van der Waals surface area contributed by atoms with E-state index in [4.69, 9.17) is 4.42 Å². The predicted molar refractivity (Wildman–Crippen MR) is 79.7 cm³/mol. The topological polar surface area (TPSA) is 75.7 Å². The highest BCUT2D eigenvalue weighted by atomic mass is 16.4. The average molecular weight is 290 g/mol. The van der Waals surface area contributed by atoms with Crippen LogP contribution in [0.5, 0.6) is 5.75 Å². The quantitative estimate of drug-likeness (QED) is 0.797. The molecular formula is C15H18N2O4. The molecule has 0 aliphatic heterocycles. The lowest BCUT2D eigenvalue weighted by Crippen LogP contribution is -2.39. The van der Waals surface area contributed by atoms with Crippen molar-refractivity contribution >= 4 is 11.0 Å². The van der Waals surface area contributed by atoms with Crippen molar-refractivity contribution in [2.75, 3.05) is 19.1 Å². The second-order valence-electron chi connectivity index (χ2n) is 5.60. The molecule has 3 rings (SSSR count). The molecule has 0 saturated heterocycles. The van der Waals surface area contributed by atoms with E-state index in [2.05, 4.69) is 0 Å². The van der Waals surface area contributed by atoms with Crippen molar-refractivity contribution in [2.45, 2.75) is 32.1 Å². The highest BCUT2D eigenvalue weighted by molar-refractivity contribution is 5.85. The summed E-state index contributed by atoms with van der Waals surface area (Å²) in [6.07, 6.45) is 4.55. The van der Waals surface area contributed by atoms with Crippen molar-refractivity contribution < 1.29 is 9.52 Å². The highest BCUT2D eigenvalue weighted by Crippen LogP contribution is 2.29. The van der Waals surface area contributed by atoms with Gasteiger partial charge in [0, 0.05) is 19.7 Å². The minimum Gasteiger partial charge on any atom is -0.507 e. The Kier molecular flexibility index (Phi) is 3.23. The second kappa shape index (κ2) is 4.95. The Morgan fingerprint density at radius 2 is 1.90 bits per heavy atom. The van der Waals surface area contributed by atoms with Gasteiger partial charge in [-0.15, -0.1) is 0 Å². The van der Waals surface area contributed by atoms with Crippen molar-refractivity contribution in [3.63, 3.8) is 0 Å². The zero-order chi connectivity index (χ0) is 15.1. The van der Waals surface area contributed by atoms with Gasteiger partial charge >= 0.3 is 5.63 Å². The van der Waals surface area contributed by atoms with Gasteiger partial charge in [-0.25, -0.2) is 9.47 Å². The molecule has 2 aromatic heterocycles. The van der Waals surface area contributed by atoms with Gasteiger partial charge in [-0.2, -0.15) is 0 Å². The first-order valence-electron chi connectivity index (χ1n) is 7.12. The molecule has 0 radical (unpaired) electrons. The lowest BCUT2D eigenvalue weighted by molar-refractivity contribution is 0.465. The molecule has 0 fully saturated rings. The predicted octanol–water partition coefficient (Wildman–Crippen LogP) is 1.13. The lowest BCUT2D eigenvalue weighted by atomic mass is 10.1. The van der Waals surface area contributed by atoms with Gasteiger partial charge in [-0.3, -0.25) is 4.79 Å². The van der Waals surface area contributed by atoms with Crippen LogP contribution in [0, 0.1) is 0 Å². The number of aromatic nitrogens is 1. The van der Waals surface area contributed by atoms with Gasteiger partial charge in [0.1, 0.15) is 11.1 Å². The van der Waals surface area contributed by atoms with Gasteiger partial charge in [0.05, 0.1) is 11.8 Å². The Morgan fingerprint density at radius 3 is 2.62 bits per heavy atom. The van der Waals surface area contributed by atoms with E-state index in [0.29, 0.717) is 0 Å². The molecule has 21 heavy (non-hydrogen) atoms. The van der Waals surface area contributed by atoms with Crippen LogP contribution in [0.25, 0.3) is 11.0 Å². The first-order chi connectivity index (χ1) is 10.0. The SMILES string of the molecule is CN(C)n1c2c(c3oc(=O)cc(O)c3c1=O)CCCCC2. The Hall–Kier alpha value is -2.24. The van der Waals surface area contributed by atoms with Gasteiger partial charge in [-0.1, -0.05) is 6.42 Å². The zero-order valence-corrected chi connectivity index (χ0v) is 12.2. The summed E-state index contributed by atoms with van der Waals surface area (Å²) in [4.78, 5) is 24.2. The molecule has 1 aliphatic rings. The number of hydrogen-bond donors (Lipinski definition) is 1. The van der Waals surface area contributed by atoms with Gasteiger partial charge in [0.25, 0.3) is 5.56 Å². The third-order valence-electron chi connectivity index (χ3n) is 3.97. The fourth-order valence-electron chi connectivity index (χ4n) is 3.10. The molecule has 0 aromatic carbocycles. The molecular weight excluding hydrogens is 272 g/mol. The van der Waals surface area contributed by atoms with E-state index < -0.39 is 5.63 Å². The van der Waals surface area contributed by atoms with Crippen molar-refractivity contribution in [3.8, 4) is 5.75 Å². The average Bonchev–Trinajstić information content (AvgIpc) is 2.63. The number of pyridine rings is 1. The monoisotopic (exact) mass is 290 g/mol. The van der Waals surface area contributed by atoms with E-state index in [1.54, 1.807) is 23.8 Å². The summed E-state index contributed by atoms with van der Waals surface area (Å²) < 4.78 is 6.84. The number of aryl methyl sites for hydroxylation is 1. The summed E-state index contributed by atoms with van der Waals surface area (Å²) in [6, 6.07) is 0.951. The maximum absolute atomic E-state index is 12.7. The van der Waals surface area contributed by atoms with E-state index in [1.165, 1.54) is 0 Å². The van der Waals surface area contributed by atoms with Gasteiger partial charge in [0.15, 0.2) is 5.58 Å². The van der Waals surface area contributed by atoms with Crippen LogP contribution in [0.1, 0.15) is 30.5 Å². The van der Waals surface area contributed by atoms with E-state index in [9.17, 15) is 14.7 Å². The van der Waals surface area contributed by atoms with Crippen LogP contribution >= 0.6 is 0 Å². The Bertz CT molecular complexity index is 817. The maximum atomic E-state index is 12.7. The third kappa shape index (κ3) is 2.11. The molecule has 1 aliphatic carbocycles. The first-order valence-corrected chi connectivity index (χ1v) is 7.12. The van der Waals surface area contributed by atoms with E-state index >= 15 is 0 Å². The zero-order valence-electron chi connectivity index (χ0n) is 12.2. The third-order valence-corrected chi connectivity index (χ3v) is 3.97. The van der Waals surface area contributed by atoms with Gasteiger partial charge in [-0.05, 0) is 25.7 Å². The van der Waals surface area contributed by atoms with Crippen LogP contribution in [0.15, 0.2) is 20.1 Å². The minimum absolute atomic E-state index is 0.0870. The smallest absolute Gasteiger partial charge is 0.339 e. The summed E-state index contributed by atoms with van der Waals surface area (Å²) in [5.74, 6) is -0.311. The summed E-state index contributed by atoms with van der Waals surface area (Å²) in [5, 5.41) is 11.8. The van der Waals surface area contributed by atoms with Gasteiger partial charge in [0.2, 0.25) is 0 Å². The van der Waals surface area contributed by atoms with Crippen LogP contribution in [-0.2, 0) is 12.8 Å². The Labute approximate surface area is 121 Å². The molecule has 112 valence electrons. The second-order valence-corrected chi connectivity index (χ2v) is 5.60. The number of aromatic hydroxyl groups is 1. The number of nitrogens with zero attached hydrogens (tertiary/aromatic N) is 2. The molecule has 0 amide bonds. The molecule has 6 nitrogen and oxygen atoms in total. The molecule has 1 N–H and O–H groups in total. The van der Waals surface area contributed by atoms with E-state index in [1.807, 2.05) is 0 Å². The lowest BCUT2D eigenvalue weighted by Gasteiger charge is -2.23. The molecule has 0 atom stereocenters. The van der Waals surface area contributed by atoms with Crippen LogP contribution < -0.4 is 16.2 Å². The largest absolute Gasteiger partial charge is 0.507 e. The summed E-state index contributed by atoms with van der Waals surface area (Å²) >= 11 is 0. The number of hydrogen-bond acceptors (Lipinski definition) is 5. The molecule has 6 heteroatoms. The van der Waals surface area contributed by atoms with Crippen LogP contribution in [0.4, 0.5) is 0 Å². The van der Waals surface area contributed by atoms with Crippen LogP contribution in [-0.4, -0.2) is 23.9 Å². The van der Waals surface area contributed by atoms with Crippen LogP contribution in [0.2, 0.25) is 0 Å². The van der Waals surface area contributed by atoms with Crippen LogP contribution in [0.3, 0.4) is 0 Å². The van der Waals surface area contributed by atoms with E-state index in [-0.39, 0.29) is 22.3 Å². The van der Waals surface area contributed by atoms with E-state index in [0.717, 1.165) is 49.4 Å². The fourth-order valence-corrected chi connectivity index (χ4v) is 3.10. The highest BCUT2D eigenvalue weighted by Gasteiger charge is 2.23. The van der Waals surface area contributed by atoms with Crippen molar-refractivity contribution in [1.29, 1.82) is 0 Å². The minimum atomic E-state index is -0.631. The normalized spacial score (nSPS) is 14.8. The Morgan fingerprint density at radius 1 is 1.19 bits per heavy atom. The first kappa shape index (κ1) is 13.7. The molecule has 2 aromatic rings. The van der Waals surface area contributed by atoms with Crippen molar-refractivity contribution in [1.82, 2.24) is 4.68 Å². The van der Waals surface area contributed by atoms with Crippen molar-refractivity contribution in [2.24, 2.45) is 0 Å². The molecule has 2 heterocycles. The van der Waals surface area contributed by atoms with Crippen molar-refractivity contribution in [3.05, 3.63) is 38.1 Å². The summed E-state index contributed by atoms with van der Waals surface area (Å²) in [6.45, 7) is 0. The van der Waals surface area contributed by atoms with Gasteiger partial charge < -0.3 is 14.5 Å². The molecule has 0 bridgehead atoms. The summed E-state index contributed by atoms with van der Waals surface area (Å²) in [7, 11) is 3.57. The standard InChI is InChI=1S/C15H18N2O4/c1-16(2)17-10-7-5-3-4-6-9(10)14-13(15(17)20)11(18)8-12(19)21-14/h8,18H,3-7H2,1-2H3. The fraction of sp³-hybridized carbons (Fsp3) is 0.467. The number of fused-ring (bicyclic) bond motifs is 3.